The third-order valence-electron chi connectivity index (χ3n) is 4.41. The summed E-state index contributed by atoms with van der Waals surface area (Å²) in [6.07, 6.45) is 2.89. The molecule has 0 spiro atoms. The Bertz CT molecular complexity index is 978. The van der Waals surface area contributed by atoms with Gasteiger partial charge < -0.3 is 9.64 Å². The molecule has 2 aromatic heterocycles. The van der Waals surface area contributed by atoms with Gasteiger partial charge in [-0.25, -0.2) is 9.97 Å². The number of allylic oxidation sites excluding steroid dienone is 3. The molecule has 0 saturated carbocycles. The largest absolute Gasteiger partial charge is 0.461 e. The molecule has 2 rings (SSSR count). The zero-order valence-corrected chi connectivity index (χ0v) is 18.3. The van der Waals surface area contributed by atoms with Crippen LogP contribution in [-0.4, -0.2) is 55.0 Å². The van der Waals surface area contributed by atoms with Crippen LogP contribution in [0, 0.1) is 0 Å². The zero-order valence-electron chi connectivity index (χ0n) is 18.3. The summed E-state index contributed by atoms with van der Waals surface area (Å²) in [6, 6.07) is -0.642. The van der Waals surface area contributed by atoms with Gasteiger partial charge in [-0.15, -0.1) is 0 Å². The maximum Gasteiger partial charge on any atom is 0.419 e. The molecule has 2 aromatic rings. The van der Waals surface area contributed by atoms with Gasteiger partial charge in [0.25, 0.3) is 5.91 Å². The monoisotopic (exact) mass is 450 g/mol. The van der Waals surface area contributed by atoms with Gasteiger partial charge >= 0.3 is 12.2 Å². The van der Waals surface area contributed by atoms with E-state index in [4.69, 9.17) is 4.74 Å². The average Bonchev–Trinajstić information content (AvgIpc) is 3.26. The fraction of sp³-hybridized carbons (Fsp3) is 0.381. The van der Waals surface area contributed by atoms with Crippen LogP contribution >= 0.6 is 0 Å². The van der Waals surface area contributed by atoms with Gasteiger partial charge in [-0.1, -0.05) is 12.7 Å². The molecule has 0 aromatic carbocycles. The SMILES string of the molecule is C=C/C=C(/C(=O)N(CC)[C@@H](C)COc1ncc(C(F)(F)F)cn1)C(=C(C)C)n1nccn1. The number of alkyl halides is 3. The van der Waals surface area contributed by atoms with Crippen molar-refractivity contribution >= 4 is 11.6 Å². The molecule has 0 aliphatic carbocycles. The second kappa shape index (κ2) is 10.7. The van der Waals surface area contributed by atoms with E-state index in [9.17, 15) is 18.0 Å². The summed E-state index contributed by atoms with van der Waals surface area (Å²) >= 11 is 0. The Morgan fingerprint density at radius 1 is 1.25 bits per heavy atom. The van der Waals surface area contributed by atoms with Crippen molar-refractivity contribution in [3.05, 3.63) is 60.2 Å². The van der Waals surface area contributed by atoms with Crippen molar-refractivity contribution in [3.63, 3.8) is 0 Å². The van der Waals surface area contributed by atoms with Crippen LogP contribution in [0.5, 0.6) is 6.01 Å². The molecule has 0 N–H and O–H groups in total. The van der Waals surface area contributed by atoms with E-state index in [0.717, 1.165) is 5.57 Å². The smallest absolute Gasteiger partial charge is 0.419 e. The van der Waals surface area contributed by atoms with Gasteiger partial charge in [-0.2, -0.15) is 28.2 Å². The first kappa shape index (κ1) is 24.8. The summed E-state index contributed by atoms with van der Waals surface area (Å²) in [5.74, 6) is -0.301. The van der Waals surface area contributed by atoms with E-state index in [-0.39, 0.29) is 18.5 Å². The molecule has 1 amide bonds. The number of carbonyl (C=O) groups excluding carboxylic acids is 1. The van der Waals surface area contributed by atoms with Crippen LogP contribution in [0.2, 0.25) is 0 Å². The Morgan fingerprint density at radius 2 is 1.84 bits per heavy atom. The number of amides is 1. The summed E-state index contributed by atoms with van der Waals surface area (Å²) in [7, 11) is 0. The lowest BCUT2D eigenvalue weighted by atomic mass is 10.1. The molecule has 32 heavy (non-hydrogen) atoms. The molecule has 8 nitrogen and oxygen atoms in total. The van der Waals surface area contributed by atoms with Crippen molar-refractivity contribution in [1.82, 2.24) is 29.9 Å². The zero-order chi connectivity index (χ0) is 23.9. The van der Waals surface area contributed by atoms with Gasteiger partial charge in [0.1, 0.15) is 6.61 Å². The molecule has 0 saturated heterocycles. The van der Waals surface area contributed by atoms with Gasteiger partial charge in [-0.05, 0) is 39.3 Å². The standard InChI is InChI=1S/C21H25F3N6O2/c1-6-8-17(18(14(3)4)30-27-9-10-28-30)19(31)29(7-2)15(5)13-32-20-25-11-16(12-26-20)21(22,23)24/h6,8-12,15H,1,7,13H2,2-5H3/b17-8+/t15-/m0/s1. The highest BCUT2D eigenvalue weighted by Gasteiger charge is 2.31. The van der Waals surface area contributed by atoms with Crippen LogP contribution in [-0.2, 0) is 11.0 Å². The normalized spacial score (nSPS) is 12.8. The Balaban J connectivity index is 2.19. The molecule has 0 aliphatic heterocycles. The fourth-order valence-electron chi connectivity index (χ4n) is 2.91. The number of hydrogen-bond acceptors (Lipinski definition) is 6. The van der Waals surface area contributed by atoms with E-state index in [1.165, 1.54) is 23.3 Å². The van der Waals surface area contributed by atoms with Crippen molar-refractivity contribution in [1.29, 1.82) is 0 Å². The summed E-state index contributed by atoms with van der Waals surface area (Å²) in [4.78, 5) is 23.5. The summed E-state index contributed by atoms with van der Waals surface area (Å²) < 4.78 is 43.4. The first-order chi connectivity index (χ1) is 15.1. The number of nitrogens with zero attached hydrogens (tertiary/aromatic N) is 6. The Morgan fingerprint density at radius 3 is 2.31 bits per heavy atom. The predicted molar refractivity (Wildman–Crippen MR) is 112 cm³/mol. The Kier molecular flexibility index (Phi) is 8.27. The van der Waals surface area contributed by atoms with Crippen LogP contribution < -0.4 is 4.74 Å². The molecule has 0 aliphatic rings. The summed E-state index contributed by atoms with van der Waals surface area (Å²) in [5, 5.41) is 8.27. The molecule has 2 heterocycles. The number of hydrogen-bond donors (Lipinski definition) is 0. The minimum absolute atomic E-state index is 0.0174. The van der Waals surface area contributed by atoms with Crippen LogP contribution in [0.4, 0.5) is 13.2 Å². The van der Waals surface area contributed by atoms with Crippen molar-refractivity contribution < 1.29 is 22.7 Å². The van der Waals surface area contributed by atoms with E-state index < -0.39 is 17.8 Å². The number of rotatable bonds is 9. The minimum Gasteiger partial charge on any atom is -0.461 e. The second-order valence-electron chi connectivity index (χ2n) is 6.99. The van der Waals surface area contributed by atoms with Gasteiger partial charge in [0.2, 0.25) is 0 Å². The van der Waals surface area contributed by atoms with Crippen LogP contribution in [0.25, 0.3) is 5.70 Å². The lowest BCUT2D eigenvalue weighted by molar-refractivity contribution is -0.138. The third-order valence-corrected chi connectivity index (χ3v) is 4.41. The molecule has 0 fully saturated rings. The van der Waals surface area contributed by atoms with Crippen LogP contribution in [0.3, 0.4) is 0 Å². The van der Waals surface area contributed by atoms with E-state index in [1.807, 2.05) is 20.8 Å². The highest BCUT2D eigenvalue weighted by molar-refractivity contribution is 6.06. The molecule has 11 heteroatoms. The fourth-order valence-corrected chi connectivity index (χ4v) is 2.91. The van der Waals surface area contributed by atoms with Crippen molar-refractivity contribution in [2.24, 2.45) is 0 Å². The molecule has 1 atom stereocenters. The van der Waals surface area contributed by atoms with Crippen molar-refractivity contribution in [3.8, 4) is 6.01 Å². The number of aromatic nitrogens is 5. The van der Waals surface area contributed by atoms with Crippen molar-refractivity contribution in [2.45, 2.75) is 39.9 Å². The third kappa shape index (κ3) is 6.02. The van der Waals surface area contributed by atoms with Crippen molar-refractivity contribution in [2.75, 3.05) is 13.2 Å². The van der Waals surface area contributed by atoms with Gasteiger partial charge in [0.15, 0.2) is 0 Å². The lowest BCUT2D eigenvalue weighted by Gasteiger charge is -2.29. The molecular formula is C21H25F3N6O2. The summed E-state index contributed by atoms with van der Waals surface area (Å²) in [5.41, 5.74) is 0.720. The minimum atomic E-state index is -4.53. The predicted octanol–water partition coefficient (Wildman–Crippen LogP) is 3.77. The first-order valence-corrected chi connectivity index (χ1v) is 9.80. The number of carbonyl (C=O) groups is 1. The maximum absolute atomic E-state index is 13.4. The number of halogens is 3. The molecule has 0 unspecified atom stereocenters. The van der Waals surface area contributed by atoms with Gasteiger partial charge in [-0.3, -0.25) is 4.79 Å². The molecular weight excluding hydrogens is 425 g/mol. The lowest BCUT2D eigenvalue weighted by Crippen LogP contribution is -2.43. The van der Waals surface area contributed by atoms with Gasteiger partial charge in [0.05, 0.1) is 35.3 Å². The topological polar surface area (TPSA) is 86.0 Å². The highest BCUT2D eigenvalue weighted by atomic mass is 19.4. The number of likely N-dealkylation sites (N-methyl/N-ethyl adjacent to an activating group) is 1. The number of ether oxygens (including phenoxy) is 1. The highest BCUT2D eigenvalue weighted by Crippen LogP contribution is 2.28. The molecule has 172 valence electrons. The van der Waals surface area contributed by atoms with E-state index in [2.05, 4.69) is 26.7 Å². The average molecular weight is 450 g/mol. The Hall–Kier alpha value is -3.50. The second-order valence-corrected chi connectivity index (χ2v) is 6.99. The summed E-state index contributed by atoms with van der Waals surface area (Å²) in [6.45, 7) is 11.3. The Labute approximate surface area is 184 Å². The molecule has 0 radical (unpaired) electrons. The first-order valence-electron chi connectivity index (χ1n) is 9.80. The quantitative estimate of drug-likeness (QED) is 0.427. The molecule has 0 bridgehead atoms. The van der Waals surface area contributed by atoms with Crippen LogP contribution in [0.1, 0.15) is 33.3 Å². The van der Waals surface area contributed by atoms with Gasteiger partial charge in [0, 0.05) is 18.9 Å². The maximum atomic E-state index is 13.4. The van der Waals surface area contributed by atoms with E-state index >= 15 is 0 Å². The van der Waals surface area contributed by atoms with Crippen LogP contribution in [0.15, 0.2) is 54.7 Å². The van der Waals surface area contributed by atoms with E-state index in [1.54, 1.807) is 17.9 Å². The van der Waals surface area contributed by atoms with E-state index in [0.29, 0.717) is 30.2 Å².